The Morgan fingerprint density at radius 2 is 1.15 bits per heavy atom. The lowest BCUT2D eigenvalue weighted by molar-refractivity contribution is 0.240. The van der Waals surface area contributed by atoms with E-state index in [9.17, 15) is 0 Å². The standard InChI is InChI=1S/C46H60/c1-8-9-12-17-33-22-23-34(28-33)31-46(35-18-13-10-14-19-35,36-20-15-11-16-21-36)32-43-41-29-37(44(2,3)4)24-26-39(41)40-27-25-38(30-42(40)43)45(5,6)7/h8,10-11,13-16,18-21,24-27,29-30,33-34,39-43H,1,9,12,17,22-23,28,31-32H2,2-7H3. The van der Waals surface area contributed by atoms with Gasteiger partial charge in [-0.05, 0) is 107 Å². The molecule has 0 radical (unpaired) electrons. The molecule has 0 aliphatic heterocycles. The second-order valence-corrected chi connectivity index (χ2v) is 17.4. The predicted octanol–water partition coefficient (Wildman–Crippen LogP) is 12.7. The summed E-state index contributed by atoms with van der Waals surface area (Å²) in [6.07, 6.45) is 28.2. The average molecular weight is 613 g/mol. The monoisotopic (exact) mass is 612 g/mol. The minimum absolute atomic E-state index is 0.0128. The molecular formula is C46H60. The van der Waals surface area contributed by atoms with Gasteiger partial charge in [-0.2, -0.15) is 0 Å². The van der Waals surface area contributed by atoms with Crippen molar-refractivity contribution in [1.29, 1.82) is 0 Å². The Morgan fingerprint density at radius 1 is 0.652 bits per heavy atom. The highest BCUT2D eigenvalue weighted by Gasteiger charge is 2.52. The van der Waals surface area contributed by atoms with Crippen molar-refractivity contribution in [3.05, 3.63) is 132 Å². The van der Waals surface area contributed by atoms with Crippen molar-refractivity contribution in [1.82, 2.24) is 0 Å². The van der Waals surface area contributed by atoms with E-state index in [1.54, 1.807) is 0 Å². The third-order valence-electron chi connectivity index (χ3n) is 12.3. The molecule has 6 atom stereocenters. The summed E-state index contributed by atoms with van der Waals surface area (Å²) in [5, 5.41) is 0. The summed E-state index contributed by atoms with van der Waals surface area (Å²) >= 11 is 0. The van der Waals surface area contributed by atoms with E-state index < -0.39 is 0 Å². The normalized spacial score (nSPS) is 29.2. The van der Waals surface area contributed by atoms with Crippen LogP contribution in [0.2, 0.25) is 0 Å². The average Bonchev–Trinajstić information content (AvgIpc) is 3.62. The van der Waals surface area contributed by atoms with Crippen LogP contribution in [0.3, 0.4) is 0 Å². The number of unbranched alkanes of at least 4 members (excludes halogenated alkanes) is 1. The van der Waals surface area contributed by atoms with Gasteiger partial charge in [0.15, 0.2) is 0 Å². The second-order valence-electron chi connectivity index (χ2n) is 17.4. The predicted molar refractivity (Wildman–Crippen MR) is 199 cm³/mol. The summed E-state index contributed by atoms with van der Waals surface area (Å²) in [6.45, 7) is 18.3. The van der Waals surface area contributed by atoms with Gasteiger partial charge in [-0.25, -0.2) is 0 Å². The van der Waals surface area contributed by atoms with Crippen LogP contribution < -0.4 is 0 Å². The van der Waals surface area contributed by atoms with E-state index in [0.717, 1.165) is 18.3 Å². The lowest BCUT2D eigenvalue weighted by atomic mass is 9.61. The quantitative estimate of drug-likeness (QED) is 0.185. The Morgan fingerprint density at radius 3 is 1.63 bits per heavy atom. The molecule has 2 saturated carbocycles. The Labute approximate surface area is 281 Å². The van der Waals surface area contributed by atoms with Crippen molar-refractivity contribution in [2.45, 2.75) is 98.3 Å². The van der Waals surface area contributed by atoms with Crippen LogP contribution in [0.15, 0.2) is 121 Å². The van der Waals surface area contributed by atoms with E-state index >= 15 is 0 Å². The van der Waals surface area contributed by atoms with E-state index in [1.165, 1.54) is 67.2 Å². The zero-order chi connectivity index (χ0) is 32.5. The first kappa shape index (κ1) is 33.1. The van der Waals surface area contributed by atoms with Gasteiger partial charge >= 0.3 is 0 Å². The summed E-state index contributed by atoms with van der Waals surface area (Å²) in [5.41, 5.74) is 6.38. The van der Waals surface area contributed by atoms with E-state index in [0.29, 0.717) is 29.6 Å². The number of rotatable bonds is 10. The third-order valence-corrected chi connectivity index (χ3v) is 12.3. The molecule has 0 nitrogen and oxygen atoms in total. The summed E-state index contributed by atoms with van der Waals surface area (Å²) in [4.78, 5) is 0. The fraction of sp³-hybridized carbons (Fsp3) is 0.522. The first-order valence-corrected chi connectivity index (χ1v) is 18.5. The minimum atomic E-state index is -0.0128. The van der Waals surface area contributed by atoms with Gasteiger partial charge in [0.1, 0.15) is 0 Å². The Balaban J connectivity index is 1.45. The summed E-state index contributed by atoms with van der Waals surface area (Å²) in [7, 11) is 0. The lowest BCUT2D eigenvalue weighted by Crippen LogP contribution is -2.36. The van der Waals surface area contributed by atoms with E-state index in [-0.39, 0.29) is 16.2 Å². The molecule has 2 aromatic carbocycles. The summed E-state index contributed by atoms with van der Waals surface area (Å²) in [5.74, 6) is 4.45. The van der Waals surface area contributed by atoms with Gasteiger partial charge in [0.05, 0.1) is 0 Å². The molecule has 0 N–H and O–H groups in total. The molecule has 0 spiro atoms. The number of hydrogen-bond acceptors (Lipinski definition) is 0. The maximum absolute atomic E-state index is 3.98. The van der Waals surface area contributed by atoms with Crippen molar-refractivity contribution in [3.63, 3.8) is 0 Å². The highest BCUT2D eigenvalue weighted by Crippen LogP contribution is 2.59. The highest BCUT2D eigenvalue weighted by atomic mass is 14.6. The smallest absolute Gasteiger partial charge is 0.0208 e. The molecule has 0 amide bonds. The molecule has 6 unspecified atom stereocenters. The molecule has 4 aliphatic rings. The fourth-order valence-electron chi connectivity index (χ4n) is 9.86. The van der Waals surface area contributed by atoms with E-state index in [1.807, 2.05) is 0 Å². The Kier molecular flexibility index (Phi) is 9.58. The van der Waals surface area contributed by atoms with E-state index in [2.05, 4.69) is 151 Å². The SMILES string of the molecule is C=CCCCC1CCC(CC(CC2C3C=C(C(C)(C)C)C=CC3C3C=CC(C(C)(C)C)=CC32)(c2ccccc2)c2ccccc2)C1. The van der Waals surface area contributed by atoms with Gasteiger partial charge in [-0.3, -0.25) is 0 Å². The van der Waals surface area contributed by atoms with E-state index in [4.69, 9.17) is 0 Å². The van der Waals surface area contributed by atoms with Gasteiger partial charge < -0.3 is 0 Å². The summed E-state index contributed by atoms with van der Waals surface area (Å²) in [6, 6.07) is 23.4. The first-order valence-electron chi connectivity index (χ1n) is 18.5. The van der Waals surface area contributed by atoms with Crippen molar-refractivity contribution in [3.8, 4) is 0 Å². The molecule has 6 rings (SSSR count). The molecule has 0 saturated heterocycles. The number of allylic oxidation sites excluding steroid dienone is 9. The molecular weight excluding hydrogens is 553 g/mol. The second kappa shape index (κ2) is 13.3. The summed E-state index contributed by atoms with van der Waals surface area (Å²) < 4.78 is 0. The largest absolute Gasteiger partial charge is 0.103 e. The molecule has 2 fully saturated rings. The van der Waals surface area contributed by atoms with Crippen LogP contribution in [0.1, 0.15) is 104 Å². The van der Waals surface area contributed by atoms with Crippen LogP contribution in [0.25, 0.3) is 0 Å². The molecule has 46 heavy (non-hydrogen) atoms. The first-order chi connectivity index (χ1) is 22.0. The van der Waals surface area contributed by atoms with Gasteiger partial charge in [0.2, 0.25) is 0 Å². The minimum Gasteiger partial charge on any atom is -0.103 e. The van der Waals surface area contributed by atoms with Crippen LogP contribution in [-0.2, 0) is 5.41 Å². The van der Waals surface area contributed by atoms with Gasteiger partial charge in [0.25, 0.3) is 0 Å². The molecule has 244 valence electrons. The van der Waals surface area contributed by atoms with Crippen LogP contribution in [-0.4, -0.2) is 0 Å². The number of hydrogen-bond donors (Lipinski definition) is 0. The number of benzene rings is 2. The van der Waals surface area contributed by atoms with Crippen LogP contribution in [0, 0.1) is 52.3 Å². The molecule has 0 heterocycles. The Hall–Kier alpha value is -2.86. The Bertz CT molecular complexity index is 1360. The van der Waals surface area contributed by atoms with Crippen molar-refractivity contribution < 1.29 is 0 Å². The van der Waals surface area contributed by atoms with Gasteiger partial charge in [0, 0.05) is 5.41 Å². The van der Waals surface area contributed by atoms with Crippen LogP contribution in [0.5, 0.6) is 0 Å². The molecule has 4 aliphatic carbocycles. The fourth-order valence-corrected chi connectivity index (χ4v) is 9.86. The van der Waals surface area contributed by atoms with Crippen molar-refractivity contribution in [2.24, 2.45) is 52.3 Å². The molecule has 0 heteroatoms. The van der Waals surface area contributed by atoms with Crippen molar-refractivity contribution in [2.75, 3.05) is 0 Å². The molecule has 0 aromatic heterocycles. The topological polar surface area (TPSA) is 0 Å². The maximum Gasteiger partial charge on any atom is 0.0208 e. The zero-order valence-corrected chi connectivity index (χ0v) is 29.7. The maximum atomic E-state index is 3.98. The number of fused-ring (bicyclic) bond motifs is 3. The lowest BCUT2D eigenvalue weighted by Gasteiger charge is -2.42. The van der Waals surface area contributed by atoms with Crippen LogP contribution >= 0.6 is 0 Å². The van der Waals surface area contributed by atoms with Crippen LogP contribution in [0.4, 0.5) is 0 Å². The zero-order valence-electron chi connectivity index (χ0n) is 29.7. The molecule has 0 bridgehead atoms. The molecule has 2 aromatic rings. The third kappa shape index (κ3) is 6.74. The van der Waals surface area contributed by atoms with Gasteiger partial charge in [-0.15, -0.1) is 6.58 Å². The highest BCUT2D eigenvalue weighted by molar-refractivity contribution is 5.43. The van der Waals surface area contributed by atoms with Crippen molar-refractivity contribution >= 4 is 0 Å². The van der Waals surface area contributed by atoms with Gasteiger partial charge in [-0.1, -0.05) is 164 Å².